The molecule has 1 atom stereocenters. The molecule has 0 aliphatic carbocycles. The van der Waals surface area contributed by atoms with E-state index in [0.29, 0.717) is 19.5 Å². The van der Waals surface area contributed by atoms with Gasteiger partial charge in [-0.05, 0) is 44.0 Å². The number of benzene rings is 1. The van der Waals surface area contributed by atoms with E-state index < -0.39 is 0 Å². The Morgan fingerprint density at radius 1 is 1.24 bits per heavy atom. The number of likely N-dealkylation sites (tertiary alicyclic amines) is 1. The van der Waals surface area contributed by atoms with Crippen molar-refractivity contribution >= 4 is 17.5 Å². The number of rotatable bonds is 5. The zero-order chi connectivity index (χ0) is 17.8. The van der Waals surface area contributed by atoms with Crippen molar-refractivity contribution in [1.29, 1.82) is 0 Å². The Kier molecular flexibility index (Phi) is 5.46. The maximum absolute atomic E-state index is 12.4. The van der Waals surface area contributed by atoms with E-state index >= 15 is 0 Å². The summed E-state index contributed by atoms with van der Waals surface area (Å²) in [6.07, 6.45) is 2.20. The molecule has 1 aromatic rings. The average Bonchev–Trinajstić information content (AvgIpc) is 3.03. The predicted molar refractivity (Wildman–Crippen MR) is 96.7 cm³/mol. The van der Waals surface area contributed by atoms with Crippen LogP contribution in [0.4, 0.5) is 5.69 Å². The number of hydrogen-bond acceptors (Lipinski definition) is 4. The van der Waals surface area contributed by atoms with Crippen LogP contribution in [0.15, 0.2) is 24.3 Å². The highest BCUT2D eigenvalue weighted by molar-refractivity contribution is 5.89. The van der Waals surface area contributed by atoms with Crippen LogP contribution in [0.3, 0.4) is 0 Å². The zero-order valence-corrected chi connectivity index (χ0v) is 15.0. The molecule has 0 spiro atoms. The highest BCUT2D eigenvalue weighted by atomic mass is 16.5. The molecule has 136 valence electrons. The van der Waals surface area contributed by atoms with Gasteiger partial charge in [0.2, 0.25) is 11.8 Å². The van der Waals surface area contributed by atoms with Gasteiger partial charge < -0.3 is 19.9 Å². The normalized spacial score (nSPS) is 21.5. The SMILES string of the molecule is CCN1C[C@H](C(=O)NC2CCN(c3ccc(OC)cc3)CC2)CC1=O. The van der Waals surface area contributed by atoms with Crippen LogP contribution in [0.2, 0.25) is 0 Å². The van der Waals surface area contributed by atoms with E-state index in [4.69, 9.17) is 4.74 Å². The summed E-state index contributed by atoms with van der Waals surface area (Å²) in [7, 11) is 1.67. The summed E-state index contributed by atoms with van der Waals surface area (Å²) >= 11 is 0. The van der Waals surface area contributed by atoms with Crippen LogP contribution in [-0.2, 0) is 9.59 Å². The van der Waals surface area contributed by atoms with E-state index in [1.807, 2.05) is 19.1 Å². The molecule has 0 radical (unpaired) electrons. The van der Waals surface area contributed by atoms with E-state index in [1.165, 1.54) is 5.69 Å². The van der Waals surface area contributed by atoms with Crippen molar-refractivity contribution in [2.45, 2.75) is 32.2 Å². The smallest absolute Gasteiger partial charge is 0.225 e. The summed E-state index contributed by atoms with van der Waals surface area (Å²) in [6, 6.07) is 8.29. The fourth-order valence-corrected chi connectivity index (χ4v) is 3.65. The van der Waals surface area contributed by atoms with Crippen molar-refractivity contribution in [3.63, 3.8) is 0 Å². The summed E-state index contributed by atoms with van der Waals surface area (Å²) < 4.78 is 5.20. The molecule has 2 aliphatic rings. The molecule has 2 saturated heterocycles. The first-order valence-electron chi connectivity index (χ1n) is 9.08. The molecule has 0 bridgehead atoms. The number of carbonyl (C=O) groups excluding carboxylic acids is 2. The van der Waals surface area contributed by atoms with E-state index in [2.05, 4.69) is 22.3 Å². The molecule has 6 heteroatoms. The first kappa shape index (κ1) is 17.6. The first-order chi connectivity index (χ1) is 12.1. The number of nitrogens with zero attached hydrogens (tertiary/aromatic N) is 2. The highest BCUT2D eigenvalue weighted by Gasteiger charge is 2.34. The van der Waals surface area contributed by atoms with Crippen LogP contribution in [0.5, 0.6) is 5.75 Å². The second-order valence-electron chi connectivity index (χ2n) is 6.80. The molecule has 6 nitrogen and oxygen atoms in total. The van der Waals surface area contributed by atoms with E-state index in [-0.39, 0.29) is 23.8 Å². The molecule has 2 heterocycles. The number of nitrogens with one attached hydrogen (secondary N) is 1. The molecule has 3 rings (SSSR count). The molecule has 1 aromatic carbocycles. The second kappa shape index (κ2) is 7.76. The van der Waals surface area contributed by atoms with Gasteiger partial charge in [0.05, 0.1) is 13.0 Å². The molecule has 25 heavy (non-hydrogen) atoms. The standard InChI is InChI=1S/C19H27N3O3/c1-3-21-13-14(12-18(21)23)19(24)20-15-8-10-22(11-9-15)16-4-6-17(25-2)7-5-16/h4-7,14-15H,3,8-13H2,1-2H3,(H,20,24)/t14-/m1/s1. The third kappa shape index (κ3) is 4.06. The van der Waals surface area contributed by atoms with Crippen LogP contribution in [0.25, 0.3) is 0 Å². The van der Waals surface area contributed by atoms with E-state index in [9.17, 15) is 9.59 Å². The molecular weight excluding hydrogens is 318 g/mol. The number of piperidine rings is 1. The Labute approximate surface area is 149 Å². The van der Waals surface area contributed by atoms with Gasteiger partial charge in [0.1, 0.15) is 5.75 Å². The predicted octanol–water partition coefficient (Wildman–Crippen LogP) is 1.65. The second-order valence-corrected chi connectivity index (χ2v) is 6.80. The number of methoxy groups -OCH3 is 1. The molecule has 0 unspecified atom stereocenters. The summed E-state index contributed by atoms with van der Waals surface area (Å²) in [4.78, 5) is 28.3. The number of hydrogen-bond donors (Lipinski definition) is 1. The van der Waals surface area contributed by atoms with Crippen molar-refractivity contribution in [3.8, 4) is 5.75 Å². The maximum Gasteiger partial charge on any atom is 0.225 e. The Bertz CT molecular complexity index is 609. The van der Waals surface area contributed by atoms with Gasteiger partial charge in [0.15, 0.2) is 0 Å². The minimum atomic E-state index is -0.188. The number of anilines is 1. The van der Waals surface area contributed by atoms with Gasteiger partial charge in [-0.1, -0.05) is 0 Å². The minimum Gasteiger partial charge on any atom is -0.497 e. The highest BCUT2D eigenvalue weighted by Crippen LogP contribution is 2.23. The number of amides is 2. The summed E-state index contributed by atoms with van der Waals surface area (Å²) in [5.74, 6) is 0.800. The third-order valence-electron chi connectivity index (χ3n) is 5.25. The molecule has 2 fully saturated rings. The molecule has 1 N–H and O–H groups in total. The molecule has 0 aromatic heterocycles. The lowest BCUT2D eigenvalue weighted by Crippen LogP contribution is -2.46. The van der Waals surface area contributed by atoms with E-state index in [1.54, 1.807) is 12.0 Å². The van der Waals surface area contributed by atoms with Crippen LogP contribution in [0.1, 0.15) is 26.2 Å². The van der Waals surface area contributed by atoms with Crippen LogP contribution < -0.4 is 15.0 Å². The van der Waals surface area contributed by atoms with Crippen molar-refractivity contribution in [2.24, 2.45) is 5.92 Å². The Balaban J connectivity index is 1.47. The maximum atomic E-state index is 12.4. The van der Waals surface area contributed by atoms with Gasteiger partial charge >= 0.3 is 0 Å². The fraction of sp³-hybridized carbons (Fsp3) is 0.579. The molecule has 2 aliphatic heterocycles. The molecule has 2 amide bonds. The van der Waals surface area contributed by atoms with Gasteiger partial charge in [-0.25, -0.2) is 0 Å². The number of carbonyl (C=O) groups is 2. The summed E-state index contributed by atoms with van der Waals surface area (Å²) in [5.41, 5.74) is 1.19. The summed E-state index contributed by atoms with van der Waals surface area (Å²) in [5, 5.41) is 3.15. The largest absolute Gasteiger partial charge is 0.497 e. The Morgan fingerprint density at radius 3 is 2.48 bits per heavy atom. The quantitative estimate of drug-likeness (QED) is 0.881. The van der Waals surface area contributed by atoms with Crippen LogP contribution >= 0.6 is 0 Å². The zero-order valence-electron chi connectivity index (χ0n) is 15.0. The Hall–Kier alpha value is -2.24. The Morgan fingerprint density at radius 2 is 1.92 bits per heavy atom. The third-order valence-corrected chi connectivity index (χ3v) is 5.25. The van der Waals surface area contributed by atoms with Crippen LogP contribution in [0, 0.1) is 5.92 Å². The van der Waals surface area contributed by atoms with E-state index in [0.717, 1.165) is 31.7 Å². The molecule has 0 saturated carbocycles. The lowest BCUT2D eigenvalue weighted by molar-refractivity contribution is -0.129. The minimum absolute atomic E-state index is 0.0344. The van der Waals surface area contributed by atoms with Gasteiger partial charge in [-0.15, -0.1) is 0 Å². The van der Waals surface area contributed by atoms with Crippen molar-refractivity contribution in [1.82, 2.24) is 10.2 Å². The number of ether oxygens (including phenoxy) is 1. The van der Waals surface area contributed by atoms with Crippen molar-refractivity contribution in [3.05, 3.63) is 24.3 Å². The van der Waals surface area contributed by atoms with Crippen LogP contribution in [-0.4, -0.2) is 56.0 Å². The van der Waals surface area contributed by atoms with Gasteiger partial charge in [-0.2, -0.15) is 0 Å². The molecular formula is C19H27N3O3. The fourth-order valence-electron chi connectivity index (χ4n) is 3.65. The monoisotopic (exact) mass is 345 g/mol. The lowest BCUT2D eigenvalue weighted by Gasteiger charge is -2.34. The van der Waals surface area contributed by atoms with Gasteiger partial charge in [0, 0.05) is 44.3 Å². The first-order valence-corrected chi connectivity index (χ1v) is 9.08. The van der Waals surface area contributed by atoms with Crippen molar-refractivity contribution < 1.29 is 14.3 Å². The average molecular weight is 345 g/mol. The topological polar surface area (TPSA) is 61.9 Å². The lowest BCUT2D eigenvalue weighted by atomic mass is 10.0. The van der Waals surface area contributed by atoms with Crippen molar-refractivity contribution in [2.75, 3.05) is 38.2 Å². The van der Waals surface area contributed by atoms with Gasteiger partial charge in [0.25, 0.3) is 0 Å². The summed E-state index contributed by atoms with van der Waals surface area (Å²) in [6.45, 7) is 5.03. The van der Waals surface area contributed by atoms with Gasteiger partial charge in [-0.3, -0.25) is 9.59 Å².